The van der Waals surface area contributed by atoms with Crippen LogP contribution in [0.25, 0.3) is 0 Å². The van der Waals surface area contributed by atoms with Crippen LogP contribution in [0.5, 0.6) is 0 Å². The van der Waals surface area contributed by atoms with Crippen molar-refractivity contribution < 1.29 is 0 Å². The lowest BCUT2D eigenvalue weighted by molar-refractivity contribution is 0.0927. The Balaban J connectivity index is 1.84. The summed E-state index contributed by atoms with van der Waals surface area (Å²) in [7, 11) is 0. The fraction of sp³-hybridized carbons (Fsp3) is 1.00. The molecule has 0 saturated carbocycles. The molecule has 0 aromatic heterocycles. The first-order chi connectivity index (χ1) is 6.36. The Bertz CT molecular complexity index is 119. The minimum atomic E-state index is 1.02. The SMILES string of the molecule is CCCC1CN(CCCNCC)C1. The zero-order chi connectivity index (χ0) is 9.52. The maximum atomic E-state index is 3.36. The fourth-order valence-electron chi connectivity index (χ4n) is 2.05. The quantitative estimate of drug-likeness (QED) is 0.606. The Kier molecular flexibility index (Phi) is 5.40. The van der Waals surface area contributed by atoms with Gasteiger partial charge in [0.25, 0.3) is 0 Å². The second kappa shape index (κ2) is 6.39. The molecule has 1 aliphatic rings. The molecular formula is C11H24N2. The minimum absolute atomic E-state index is 1.02. The van der Waals surface area contributed by atoms with E-state index in [0.29, 0.717) is 0 Å². The third-order valence-electron chi connectivity index (χ3n) is 2.81. The maximum absolute atomic E-state index is 3.36. The van der Waals surface area contributed by atoms with Crippen LogP contribution in [-0.4, -0.2) is 37.6 Å². The summed E-state index contributed by atoms with van der Waals surface area (Å²) in [5.74, 6) is 1.02. The van der Waals surface area contributed by atoms with E-state index < -0.39 is 0 Å². The molecule has 1 fully saturated rings. The average molecular weight is 184 g/mol. The zero-order valence-electron chi connectivity index (χ0n) is 9.18. The summed E-state index contributed by atoms with van der Waals surface area (Å²) in [6, 6.07) is 0. The van der Waals surface area contributed by atoms with Crippen LogP contribution in [0.15, 0.2) is 0 Å². The Morgan fingerprint density at radius 1 is 1.31 bits per heavy atom. The van der Waals surface area contributed by atoms with Gasteiger partial charge in [0.05, 0.1) is 0 Å². The molecule has 0 aromatic rings. The molecule has 2 nitrogen and oxygen atoms in total. The van der Waals surface area contributed by atoms with E-state index in [1.807, 2.05) is 0 Å². The molecule has 1 saturated heterocycles. The molecule has 1 N–H and O–H groups in total. The predicted octanol–water partition coefficient (Wildman–Crippen LogP) is 1.72. The highest BCUT2D eigenvalue weighted by molar-refractivity contribution is 4.79. The first-order valence-electron chi connectivity index (χ1n) is 5.79. The van der Waals surface area contributed by atoms with Crippen molar-refractivity contribution in [1.29, 1.82) is 0 Å². The van der Waals surface area contributed by atoms with Gasteiger partial charge in [0.2, 0.25) is 0 Å². The first-order valence-corrected chi connectivity index (χ1v) is 5.79. The van der Waals surface area contributed by atoms with Crippen molar-refractivity contribution in [2.45, 2.75) is 33.1 Å². The van der Waals surface area contributed by atoms with E-state index >= 15 is 0 Å². The monoisotopic (exact) mass is 184 g/mol. The second-order valence-corrected chi connectivity index (χ2v) is 4.12. The predicted molar refractivity (Wildman–Crippen MR) is 58.0 cm³/mol. The van der Waals surface area contributed by atoms with Gasteiger partial charge in [-0.2, -0.15) is 0 Å². The summed E-state index contributed by atoms with van der Waals surface area (Å²) in [4.78, 5) is 2.58. The Labute approximate surface area is 82.7 Å². The van der Waals surface area contributed by atoms with Gasteiger partial charge < -0.3 is 10.2 Å². The van der Waals surface area contributed by atoms with Crippen molar-refractivity contribution in [2.24, 2.45) is 5.92 Å². The number of rotatable bonds is 7. The van der Waals surface area contributed by atoms with Gasteiger partial charge in [0.1, 0.15) is 0 Å². The molecule has 0 amide bonds. The molecule has 13 heavy (non-hydrogen) atoms. The first kappa shape index (κ1) is 11.0. The van der Waals surface area contributed by atoms with Crippen LogP contribution < -0.4 is 5.32 Å². The van der Waals surface area contributed by atoms with Gasteiger partial charge in [-0.05, 0) is 38.4 Å². The normalized spacial score (nSPS) is 18.9. The highest BCUT2D eigenvalue weighted by Gasteiger charge is 2.24. The molecule has 0 unspecified atom stereocenters. The summed E-state index contributed by atoms with van der Waals surface area (Å²) in [5.41, 5.74) is 0. The number of likely N-dealkylation sites (tertiary alicyclic amines) is 1. The summed E-state index contributed by atoms with van der Waals surface area (Å²) in [5, 5.41) is 3.36. The van der Waals surface area contributed by atoms with Crippen molar-refractivity contribution >= 4 is 0 Å². The molecule has 1 aliphatic heterocycles. The Hall–Kier alpha value is -0.0800. The van der Waals surface area contributed by atoms with Gasteiger partial charge in [0.15, 0.2) is 0 Å². The van der Waals surface area contributed by atoms with E-state index in [1.165, 1.54) is 45.4 Å². The van der Waals surface area contributed by atoms with Crippen LogP contribution in [0.2, 0.25) is 0 Å². The van der Waals surface area contributed by atoms with Crippen molar-refractivity contribution in [3.63, 3.8) is 0 Å². The van der Waals surface area contributed by atoms with Crippen molar-refractivity contribution in [1.82, 2.24) is 10.2 Å². The number of hydrogen-bond donors (Lipinski definition) is 1. The summed E-state index contributed by atoms with van der Waals surface area (Å²) >= 11 is 0. The molecule has 2 heteroatoms. The van der Waals surface area contributed by atoms with Gasteiger partial charge in [0, 0.05) is 13.1 Å². The highest BCUT2D eigenvalue weighted by atomic mass is 15.2. The Morgan fingerprint density at radius 2 is 2.08 bits per heavy atom. The van der Waals surface area contributed by atoms with Crippen LogP contribution >= 0.6 is 0 Å². The van der Waals surface area contributed by atoms with Gasteiger partial charge in [-0.3, -0.25) is 0 Å². The molecule has 0 bridgehead atoms. The molecule has 0 atom stereocenters. The van der Waals surface area contributed by atoms with Crippen molar-refractivity contribution in [3.05, 3.63) is 0 Å². The zero-order valence-corrected chi connectivity index (χ0v) is 9.18. The molecule has 0 aromatic carbocycles. The third kappa shape index (κ3) is 4.10. The molecule has 78 valence electrons. The third-order valence-corrected chi connectivity index (χ3v) is 2.81. The molecule has 0 aliphatic carbocycles. The van der Waals surface area contributed by atoms with E-state index in [4.69, 9.17) is 0 Å². The lowest BCUT2D eigenvalue weighted by Crippen LogP contribution is -2.47. The molecular weight excluding hydrogens is 160 g/mol. The van der Waals surface area contributed by atoms with Crippen LogP contribution in [0.4, 0.5) is 0 Å². The molecule has 0 radical (unpaired) electrons. The van der Waals surface area contributed by atoms with E-state index in [0.717, 1.165) is 12.5 Å². The number of nitrogens with one attached hydrogen (secondary N) is 1. The largest absolute Gasteiger partial charge is 0.317 e. The van der Waals surface area contributed by atoms with Gasteiger partial charge in [-0.15, -0.1) is 0 Å². The van der Waals surface area contributed by atoms with Crippen LogP contribution in [0.1, 0.15) is 33.1 Å². The molecule has 1 heterocycles. The topological polar surface area (TPSA) is 15.3 Å². The van der Waals surface area contributed by atoms with E-state index in [1.54, 1.807) is 0 Å². The van der Waals surface area contributed by atoms with Crippen LogP contribution in [0, 0.1) is 5.92 Å². The van der Waals surface area contributed by atoms with Gasteiger partial charge in [-0.25, -0.2) is 0 Å². The summed E-state index contributed by atoms with van der Waals surface area (Å²) in [6.07, 6.45) is 4.10. The van der Waals surface area contributed by atoms with Crippen molar-refractivity contribution in [3.8, 4) is 0 Å². The van der Waals surface area contributed by atoms with Gasteiger partial charge >= 0.3 is 0 Å². The summed E-state index contributed by atoms with van der Waals surface area (Å²) in [6.45, 7) is 10.8. The van der Waals surface area contributed by atoms with E-state index in [2.05, 4.69) is 24.1 Å². The van der Waals surface area contributed by atoms with Crippen LogP contribution in [0.3, 0.4) is 0 Å². The van der Waals surface area contributed by atoms with Crippen LogP contribution in [-0.2, 0) is 0 Å². The highest BCUT2D eigenvalue weighted by Crippen LogP contribution is 2.19. The molecule has 0 spiro atoms. The van der Waals surface area contributed by atoms with Crippen molar-refractivity contribution in [2.75, 3.05) is 32.7 Å². The lowest BCUT2D eigenvalue weighted by Gasteiger charge is -2.39. The number of nitrogens with zero attached hydrogens (tertiary/aromatic N) is 1. The minimum Gasteiger partial charge on any atom is -0.317 e. The van der Waals surface area contributed by atoms with Gasteiger partial charge in [-0.1, -0.05) is 20.3 Å². The standard InChI is InChI=1S/C11H24N2/c1-3-6-11-9-13(10-11)8-5-7-12-4-2/h11-12H,3-10H2,1-2H3. The number of hydrogen-bond acceptors (Lipinski definition) is 2. The van der Waals surface area contributed by atoms with E-state index in [9.17, 15) is 0 Å². The lowest BCUT2D eigenvalue weighted by atomic mass is 9.95. The maximum Gasteiger partial charge on any atom is 0.00220 e. The smallest absolute Gasteiger partial charge is 0.00220 e. The second-order valence-electron chi connectivity index (χ2n) is 4.12. The Morgan fingerprint density at radius 3 is 2.69 bits per heavy atom. The van der Waals surface area contributed by atoms with E-state index in [-0.39, 0.29) is 0 Å². The fourth-order valence-corrected chi connectivity index (χ4v) is 2.05. The molecule has 1 rings (SSSR count). The summed E-state index contributed by atoms with van der Waals surface area (Å²) < 4.78 is 0. The average Bonchev–Trinajstić information content (AvgIpc) is 2.07.